The molecule has 2 aromatic heterocycles. The summed E-state index contributed by atoms with van der Waals surface area (Å²) in [6, 6.07) is 14.7. The Labute approximate surface area is 153 Å². The van der Waals surface area contributed by atoms with Crippen LogP contribution in [0.1, 0.15) is 41.4 Å². The van der Waals surface area contributed by atoms with Gasteiger partial charge in [0.15, 0.2) is 5.75 Å². The van der Waals surface area contributed by atoms with Gasteiger partial charge in [-0.05, 0) is 48.7 Å². The second-order valence-electron chi connectivity index (χ2n) is 6.30. The van der Waals surface area contributed by atoms with Gasteiger partial charge in [0, 0.05) is 17.8 Å². The Balaban J connectivity index is 1.65. The number of amides is 1. The molecule has 2 heterocycles. The van der Waals surface area contributed by atoms with Crippen LogP contribution >= 0.6 is 0 Å². The Morgan fingerprint density at radius 2 is 1.81 bits per heavy atom. The van der Waals surface area contributed by atoms with Crippen molar-refractivity contribution in [1.82, 2.24) is 9.97 Å². The van der Waals surface area contributed by atoms with Crippen molar-refractivity contribution in [2.75, 3.05) is 5.32 Å². The number of aryl methyl sites for hydroxylation is 1. The van der Waals surface area contributed by atoms with E-state index >= 15 is 0 Å². The van der Waals surface area contributed by atoms with E-state index in [0.29, 0.717) is 28.8 Å². The highest BCUT2D eigenvalue weighted by molar-refractivity contribution is 6.04. The molecule has 0 aliphatic carbocycles. The van der Waals surface area contributed by atoms with Crippen LogP contribution in [0.15, 0.2) is 60.9 Å². The summed E-state index contributed by atoms with van der Waals surface area (Å²) in [6.45, 7) is 6.11. The van der Waals surface area contributed by atoms with Gasteiger partial charge in [-0.1, -0.05) is 26.0 Å². The number of pyridine rings is 2. The van der Waals surface area contributed by atoms with Gasteiger partial charge in [-0.25, -0.2) is 4.98 Å². The largest absolute Gasteiger partial charge is 0.437 e. The molecule has 0 unspecified atom stereocenters. The molecule has 5 nitrogen and oxygen atoms in total. The summed E-state index contributed by atoms with van der Waals surface area (Å²) in [6.07, 6.45) is 3.28. The predicted octanol–water partition coefficient (Wildman–Crippen LogP) is 4.95. The Kier molecular flexibility index (Phi) is 5.27. The third kappa shape index (κ3) is 4.25. The van der Waals surface area contributed by atoms with E-state index in [0.717, 1.165) is 5.69 Å². The molecular formula is C21H21N3O2. The van der Waals surface area contributed by atoms with Crippen LogP contribution in [-0.4, -0.2) is 15.9 Å². The lowest BCUT2D eigenvalue weighted by Crippen LogP contribution is -2.12. The molecule has 132 valence electrons. The molecule has 0 atom stereocenters. The Morgan fingerprint density at radius 3 is 2.42 bits per heavy atom. The number of nitrogens with zero attached hydrogens (tertiary/aromatic N) is 2. The Bertz CT molecular complexity index is 888. The number of benzene rings is 1. The van der Waals surface area contributed by atoms with Crippen LogP contribution in [0.4, 0.5) is 5.69 Å². The highest BCUT2D eigenvalue weighted by Crippen LogP contribution is 2.22. The molecule has 0 saturated heterocycles. The zero-order valence-corrected chi connectivity index (χ0v) is 15.1. The van der Waals surface area contributed by atoms with E-state index in [2.05, 4.69) is 29.1 Å². The third-order valence-electron chi connectivity index (χ3n) is 4.01. The number of hydrogen-bond acceptors (Lipinski definition) is 4. The van der Waals surface area contributed by atoms with Crippen molar-refractivity contribution in [1.29, 1.82) is 0 Å². The lowest BCUT2D eigenvalue weighted by molar-refractivity contribution is 0.102. The van der Waals surface area contributed by atoms with Gasteiger partial charge in [0.05, 0.1) is 17.6 Å². The van der Waals surface area contributed by atoms with Gasteiger partial charge >= 0.3 is 0 Å². The van der Waals surface area contributed by atoms with Crippen molar-refractivity contribution in [2.45, 2.75) is 26.7 Å². The van der Waals surface area contributed by atoms with Crippen LogP contribution in [0.3, 0.4) is 0 Å². The standard InChI is InChI=1S/C21H21N3O2/c1-14(2)16-6-8-17(9-7-16)21(25)24-18-10-11-20(23-13-18)26-19-5-4-12-22-15(19)3/h4-14H,1-3H3,(H,24,25). The van der Waals surface area contributed by atoms with Crippen LogP contribution in [0.5, 0.6) is 11.6 Å². The summed E-state index contributed by atoms with van der Waals surface area (Å²) < 4.78 is 5.70. The number of carbonyl (C=O) groups is 1. The fourth-order valence-electron chi connectivity index (χ4n) is 2.43. The van der Waals surface area contributed by atoms with E-state index in [-0.39, 0.29) is 5.91 Å². The summed E-state index contributed by atoms with van der Waals surface area (Å²) in [5, 5.41) is 2.84. The molecular weight excluding hydrogens is 326 g/mol. The van der Waals surface area contributed by atoms with Crippen molar-refractivity contribution in [3.8, 4) is 11.6 Å². The minimum absolute atomic E-state index is 0.168. The molecule has 26 heavy (non-hydrogen) atoms. The highest BCUT2D eigenvalue weighted by Gasteiger charge is 2.08. The lowest BCUT2D eigenvalue weighted by atomic mass is 10.0. The van der Waals surface area contributed by atoms with Crippen LogP contribution in [0, 0.1) is 6.92 Å². The van der Waals surface area contributed by atoms with Crippen LogP contribution < -0.4 is 10.1 Å². The molecule has 0 aliphatic rings. The minimum Gasteiger partial charge on any atom is -0.437 e. The second kappa shape index (κ2) is 7.78. The summed E-state index contributed by atoms with van der Waals surface area (Å²) >= 11 is 0. The predicted molar refractivity (Wildman–Crippen MR) is 102 cm³/mol. The first-order valence-corrected chi connectivity index (χ1v) is 8.50. The molecule has 1 aromatic carbocycles. The third-order valence-corrected chi connectivity index (χ3v) is 4.01. The summed E-state index contributed by atoms with van der Waals surface area (Å²) in [4.78, 5) is 20.7. The number of nitrogens with one attached hydrogen (secondary N) is 1. The van der Waals surface area contributed by atoms with E-state index < -0.39 is 0 Å². The number of ether oxygens (including phenoxy) is 1. The van der Waals surface area contributed by atoms with Crippen molar-refractivity contribution in [3.05, 3.63) is 77.7 Å². The van der Waals surface area contributed by atoms with Gasteiger partial charge in [-0.2, -0.15) is 0 Å². The first kappa shape index (κ1) is 17.6. The van der Waals surface area contributed by atoms with Crippen LogP contribution in [0.25, 0.3) is 0 Å². The van der Waals surface area contributed by atoms with Gasteiger partial charge in [0.2, 0.25) is 5.88 Å². The quantitative estimate of drug-likeness (QED) is 0.709. The van der Waals surface area contributed by atoms with Gasteiger partial charge < -0.3 is 10.1 Å². The molecule has 5 heteroatoms. The number of anilines is 1. The number of carbonyl (C=O) groups excluding carboxylic acids is 1. The maximum Gasteiger partial charge on any atom is 0.255 e. The van der Waals surface area contributed by atoms with Crippen LogP contribution in [-0.2, 0) is 0 Å². The first-order chi connectivity index (χ1) is 12.5. The molecule has 3 aromatic rings. The Morgan fingerprint density at radius 1 is 1.04 bits per heavy atom. The number of hydrogen-bond donors (Lipinski definition) is 1. The molecule has 0 radical (unpaired) electrons. The molecule has 3 rings (SSSR count). The topological polar surface area (TPSA) is 64.1 Å². The van der Waals surface area contributed by atoms with Crippen LogP contribution in [0.2, 0.25) is 0 Å². The second-order valence-corrected chi connectivity index (χ2v) is 6.30. The summed E-state index contributed by atoms with van der Waals surface area (Å²) in [5.74, 6) is 1.37. The average Bonchev–Trinajstić information content (AvgIpc) is 2.65. The van der Waals surface area contributed by atoms with Gasteiger partial charge in [-0.15, -0.1) is 0 Å². The monoisotopic (exact) mass is 347 g/mol. The molecule has 0 saturated carbocycles. The molecule has 0 bridgehead atoms. The number of rotatable bonds is 5. The van der Waals surface area contributed by atoms with Gasteiger partial charge in [0.25, 0.3) is 5.91 Å². The zero-order chi connectivity index (χ0) is 18.5. The van der Waals surface area contributed by atoms with E-state index in [4.69, 9.17) is 4.74 Å². The average molecular weight is 347 g/mol. The summed E-state index contributed by atoms with van der Waals surface area (Å²) in [7, 11) is 0. The van der Waals surface area contributed by atoms with Crippen molar-refractivity contribution in [2.24, 2.45) is 0 Å². The van der Waals surface area contributed by atoms with E-state index in [1.165, 1.54) is 5.56 Å². The fraction of sp³-hybridized carbons (Fsp3) is 0.190. The maximum absolute atomic E-state index is 12.3. The highest BCUT2D eigenvalue weighted by atomic mass is 16.5. The van der Waals surface area contributed by atoms with Crippen molar-refractivity contribution < 1.29 is 9.53 Å². The van der Waals surface area contributed by atoms with Crippen molar-refractivity contribution >= 4 is 11.6 Å². The van der Waals surface area contributed by atoms with E-state index in [1.54, 1.807) is 24.5 Å². The SMILES string of the molecule is Cc1ncccc1Oc1ccc(NC(=O)c2ccc(C(C)C)cc2)cn1. The van der Waals surface area contributed by atoms with Crippen molar-refractivity contribution in [3.63, 3.8) is 0 Å². The Hall–Kier alpha value is -3.21. The smallest absolute Gasteiger partial charge is 0.255 e. The lowest BCUT2D eigenvalue weighted by Gasteiger charge is -2.09. The van der Waals surface area contributed by atoms with E-state index in [9.17, 15) is 4.79 Å². The zero-order valence-electron chi connectivity index (χ0n) is 15.1. The fourth-order valence-corrected chi connectivity index (χ4v) is 2.43. The molecule has 0 fully saturated rings. The molecule has 0 spiro atoms. The number of aromatic nitrogens is 2. The summed E-state index contributed by atoms with van der Waals surface area (Å²) in [5.41, 5.74) is 3.21. The normalized spacial score (nSPS) is 10.6. The minimum atomic E-state index is -0.168. The molecule has 1 amide bonds. The van der Waals surface area contributed by atoms with Gasteiger partial charge in [-0.3, -0.25) is 9.78 Å². The van der Waals surface area contributed by atoms with Gasteiger partial charge in [0.1, 0.15) is 0 Å². The molecule has 0 aliphatic heterocycles. The van der Waals surface area contributed by atoms with E-state index in [1.807, 2.05) is 43.3 Å². The molecule has 1 N–H and O–H groups in total. The first-order valence-electron chi connectivity index (χ1n) is 8.50. The maximum atomic E-state index is 12.3.